The van der Waals surface area contributed by atoms with Crippen LogP contribution in [0, 0.1) is 5.41 Å². The Bertz CT molecular complexity index is 316. The van der Waals surface area contributed by atoms with Gasteiger partial charge in [-0.1, -0.05) is 13.3 Å². The van der Waals surface area contributed by atoms with Crippen LogP contribution >= 0.6 is 0 Å². The molecular weight excluding hydrogens is 206 g/mol. The third-order valence-corrected chi connectivity index (χ3v) is 3.69. The average Bonchev–Trinajstić information content (AvgIpc) is 2.45. The van der Waals surface area contributed by atoms with E-state index in [1.165, 1.54) is 0 Å². The molecule has 2 rings (SSSR count). The van der Waals surface area contributed by atoms with Gasteiger partial charge in [0.25, 0.3) is 0 Å². The van der Waals surface area contributed by atoms with Crippen molar-refractivity contribution < 1.29 is 9.53 Å². The monoisotopic (exact) mass is 225 g/mol. The highest BCUT2D eigenvalue weighted by Gasteiger charge is 2.50. The Balaban J connectivity index is 2.17. The molecule has 16 heavy (non-hydrogen) atoms. The van der Waals surface area contributed by atoms with Crippen LogP contribution in [0.4, 0.5) is 4.79 Å². The number of amidine groups is 1. The van der Waals surface area contributed by atoms with Gasteiger partial charge in [-0.05, 0) is 6.42 Å². The predicted molar refractivity (Wildman–Crippen MR) is 60.6 cm³/mol. The normalized spacial score (nSPS) is 34.6. The standard InChI is InChI=1S/C11H19N3O2/c1-3-4-8-7-11(5-6-16-8)9(12)13-10(15)14(11)2/h8H,3-7H2,1-2H3,(H2,12,13,15). The van der Waals surface area contributed by atoms with Crippen molar-refractivity contribution in [3.8, 4) is 0 Å². The minimum absolute atomic E-state index is 0.165. The average molecular weight is 225 g/mol. The van der Waals surface area contributed by atoms with Gasteiger partial charge in [-0.3, -0.25) is 10.7 Å². The summed E-state index contributed by atoms with van der Waals surface area (Å²) in [6.45, 7) is 2.75. The maximum atomic E-state index is 11.6. The summed E-state index contributed by atoms with van der Waals surface area (Å²) >= 11 is 0. The van der Waals surface area contributed by atoms with Crippen molar-refractivity contribution in [3.05, 3.63) is 0 Å². The van der Waals surface area contributed by atoms with E-state index in [0.29, 0.717) is 12.4 Å². The molecule has 90 valence electrons. The number of carbonyl (C=O) groups excluding carboxylic acids is 1. The van der Waals surface area contributed by atoms with Gasteiger partial charge in [0.1, 0.15) is 11.4 Å². The smallest absolute Gasteiger partial charge is 0.323 e. The Morgan fingerprint density at radius 2 is 2.44 bits per heavy atom. The van der Waals surface area contributed by atoms with Crippen LogP contribution in [0.15, 0.2) is 0 Å². The lowest BCUT2D eigenvalue weighted by atomic mass is 9.84. The minimum Gasteiger partial charge on any atom is -0.378 e. The second kappa shape index (κ2) is 4.05. The highest BCUT2D eigenvalue weighted by atomic mass is 16.5. The number of nitrogens with one attached hydrogen (secondary N) is 2. The third kappa shape index (κ3) is 1.59. The highest BCUT2D eigenvalue weighted by Crippen LogP contribution is 2.35. The molecule has 0 saturated carbocycles. The lowest BCUT2D eigenvalue weighted by Gasteiger charge is -2.41. The minimum atomic E-state index is -0.435. The molecule has 2 aliphatic heterocycles. The number of carbonyl (C=O) groups is 1. The van der Waals surface area contributed by atoms with Crippen molar-refractivity contribution in [1.82, 2.24) is 10.2 Å². The molecule has 2 heterocycles. The summed E-state index contributed by atoms with van der Waals surface area (Å²) in [7, 11) is 1.77. The lowest BCUT2D eigenvalue weighted by molar-refractivity contribution is -0.0320. The van der Waals surface area contributed by atoms with Gasteiger partial charge in [-0.25, -0.2) is 4.79 Å². The van der Waals surface area contributed by atoms with E-state index in [4.69, 9.17) is 10.1 Å². The van der Waals surface area contributed by atoms with Gasteiger partial charge in [0.15, 0.2) is 0 Å². The number of nitrogens with zero attached hydrogens (tertiary/aromatic N) is 1. The zero-order chi connectivity index (χ0) is 11.8. The van der Waals surface area contributed by atoms with Crippen molar-refractivity contribution >= 4 is 11.9 Å². The highest BCUT2D eigenvalue weighted by molar-refractivity contribution is 6.08. The molecule has 0 aliphatic carbocycles. The first-order valence-corrected chi connectivity index (χ1v) is 5.85. The lowest BCUT2D eigenvalue weighted by Crippen LogP contribution is -2.53. The number of amides is 2. The molecule has 0 aromatic rings. The van der Waals surface area contributed by atoms with Gasteiger partial charge in [-0.15, -0.1) is 0 Å². The Morgan fingerprint density at radius 3 is 3.00 bits per heavy atom. The fraction of sp³-hybridized carbons (Fsp3) is 0.818. The van der Waals surface area contributed by atoms with Crippen molar-refractivity contribution in [2.24, 2.45) is 0 Å². The molecule has 2 saturated heterocycles. The molecule has 2 aliphatic rings. The number of rotatable bonds is 2. The largest absolute Gasteiger partial charge is 0.378 e. The molecule has 0 bridgehead atoms. The number of urea groups is 1. The Labute approximate surface area is 95.6 Å². The van der Waals surface area contributed by atoms with Gasteiger partial charge in [0.2, 0.25) is 0 Å². The van der Waals surface area contributed by atoms with Crippen LogP contribution in [0.5, 0.6) is 0 Å². The summed E-state index contributed by atoms with van der Waals surface area (Å²) < 4.78 is 5.67. The summed E-state index contributed by atoms with van der Waals surface area (Å²) in [6.07, 6.45) is 3.71. The Hall–Kier alpha value is -1.10. The van der Waals surface area contributed by atoms with Crippen molar-refractivity contribution in [2.75, 3.05) is 13.7 Å². The summed E-state index contributed by atoms with van der Waals surface area (Å²) in [6, 6.07) is -0.165. The maximum absolute atomic E-state index is 11.6. The van der Waals surface area contributed by atoms with E-state index in [9.17, 15) is 4.79 Å². The molecule has 2 atom stereocenters. The van der Waals surface area contributed by atoms with Gasteiger partial charge in [0.05, 0.1) is 6.10 Å². The van der Waals surface area contributed by atoms with E-state index in [-0.39, 0.29) is 12.1 Å². The van der Waals surface area contributed by atoms with Crippen molar-refractivity contribution in [3.63, 3.8) is 0 Å². The summed E-state index contributed by atoms with van der Waals surface area (Å²) in [5.74, 6) is 0.337. The molecule has 0 aromatic heterocycles. The Morgan fingerprint density at radius 1 is 1.69 bits per heavy atom. The van der Waals surface area contributed by atoms with E-state index in [1.807, 2.05) is 0 Å². The van der Waals surface area contributed by atoms with Gasteiger partial charge < -0.3 is 9.64 Å². The number of hydrogen-bond acceptors (Lipinski definition) is 3. The van der Waals surface area contributed by atoms with E-state index < -0.39 is 5.54 Å². The molecule has 0 aromatic carbocycles. The molecule has 0 radical (unpaired) electrons. The van der Waals surface area contributed by atoms with Crippen LogP contribution in [0.1, 0.15) is 32.6 Å². The second-order valence-electron chi connectivity index (χ2n) is 4.63. The SMILES string of the molecule is CCCC1CC2(CCO1)C(=N)NC(=O)N2C. The number of ether oxygens (including phenoxy) is 1. The maximum Gasteiger partial charge on any atom is 0.323 e. The molecule has 2 fully saturated rings. The zero-order valence-electron chi connectivity index (χ0n) is 9.88. The van der Waals surface area contributed by atoms with Crippen LogP contribution in [-0.2, 0) is 4.74 Å². The third-order valence-electron chi connectivity index (χ3n) is 3.69. The molecule has 2 N–H and O–H groups in total. The first-order valence-electron chi connectivity index (χ1n) is 5.85. The summed E-state index contributed by atoms with van der Waals surface area (Å²) in [5.41, 5.74) is -0.435. The molecular formula is C11H19N3O2. The van der Waals surface area contributed by atoms with Gasteiger partial charge in [0, 0.05) is 26.5 Å². The van der Waals surface area contributed by atoms with E-state index in [0.717, 1.165) is 25.7 Å². The summed E-state index contributed by atoms with van der Waals surface area (Å²) in [4.78, 5) is 13.2. The van der Waals surface area contributed by atoms with Crippen LogP contribution < -0.4 is 5.32 Å². The van der Waals surface area contributed by atoms with E-state index in [1.54, 1.807) is 11.9 Å². The molecule has 5 nitrogen and oxygen atoms in total. The summed E-state index contributed by atoms with van der Waals surface area (Å²) in [5, 5.41) is 10.5. The van der Waals surface area contributed by atoms with Gasteiger partial charge >= 0.3 is 6.03 Å². The van der Waals surface area contributed by atoms with E-state index in [2.05, 4.69) is 12.2 Å². The number of hydrogen-bond donors (Lipinski definition) is 2. The van der Waals surface area contributed by atoms with Crippen LogP contribution in [-0.4, -0.2) is 42.1 Å². The molecule has 2 unspecified atom stereocenters. The quantitative estimate of drug-likeness (QED) is 0.744. The van der Waals surface area contributed by atoms with Crippen LogP contribution in [0.25, 0.3) is 0 Å². The van der Waals surface area contributed by atoms with Crippen LogP contribution in [0.2, 0.25) is 0 Å². The Kier molecular flexibility index (Phi) is 2.88. The van der Waals surface area contributed by atoms with Crippen molar-refractivity contribution in [2.45, 2.75) is 44.2 Å². The van der Waals surface area contributed by atoms with E-state index >= 15 is 0 Å². The number of likely N-dealkylation sites (N-methyl/N-ethyl adjacent to an activating group) is 1. The second-order valence-corrected chi connectivity index (χ2v) is 4.63. The predicted octanol–water partition coefficient (Wildman–Crippen LogP) is 1.34. The molecule has 5 heteroatoms. The van der Waals surface area contributed by atoms with Crippen LogP contribution in [0.3, 0.4) is 0 Å². The fourth-order valence-electron chi connectivity index (χ4n) is 2.64. The zero-order valence-corrected chi connectivity index (χ0v) is 9.88. The molecule has 2 amide bonds. The van der Waals surface area contributed by atoms with Crippen molar-refractivity contribution in [1.29, 1.82) is 5.41 Å². The fourth-order valence-corrected chi connectivity index (χ4v) is 2.64. The first-order chi connectivity index (χ1) is 7.60. The topological polar surface area (TPSA) is 65.4 Å². The molecule has 1 spiro atoms. The first kappa shape index (κ1) is 11.4. The van der Waals surface area contributed by atoms with Gasteiger partial charge in [-0.2, -0.15) is 0 Å².